The molecule has 0 saturated heterocycles. The van der Waals surface area contributed by atoms with Crippen molar-refractivity contribution in [2.45, 2.75) is 27.7 Å². The normalized spacial score (nSPS) is 11.5. The molecule has 0 saturated carbocycles. The molecule has 0 atom stereocenters. The molecule has 0 aliphatic rings. The van der Waals surface area contributed by atoms with Crippen LogP contribution in [0, 0.1) is 11.8 Å². The Bertz CT molecular complexity index is 2850. The summed E-state index contributed by atoms with van der Waals surface area (Å²) in [5.41, 5.74) is 10.1. The molecule has 0 aliphatic heterocycles. The van der Waals surface area contributed by atoms with Crippen LogP contribution in [0.3, 0.4) is 0 Å². The summed E-state index contributed by atoms with van der Waals surface area (Å²) in [6.07, 6.45) is 7.52. The molecule has 0 radical (unpaired) electrons. The molecule has 56 heavy (non-hydrogen) atoms. The van der Waals surface area contributed by atoms with Crippen molar-refractivity contribution in [2.24, 2.45) is 11.8 Å². The molecule has 280 valence electrons. The Hall–Kier alpha value is -6.88. The number of hydrogen-bond acceptors (Lipinski definition) is 8. The SMILES string of the molecule is CC(C)CNc1nc2ccccc2n2c(-c3cccc4cnccc34)cnc12.CNC(=O)c1cccc(-c2cnc3c(NCC(C)C)nc4ccccc4n23)c1. The molecule has 5 heterocycles. The second-order valence-electron chi connectivity index (χ2n) is 14.6. The van der Waals surface area contributed by atoms with Gasteiger partial charge in [0.25, 0.3) is 5.91 Å². The van der Waals surface area contributed by atoms with Gasteiger partial charge < -0.3 is 16.0 Å². The van der Waals surface area contributed by atoms with Crippen molar-refractivity contribution in [1.82, 2.24) is 39.0 Å². The molecule has 9 rings (SSSR count). The zero-order valence-electron chi connectivity index (χ0n) is 32.2. The fourth-order valence-electron chi connectivity index (χ4n) is 6.90. The van der Waals surface area contributed by atoms with Gasteiger partial charge in [-0.2, -0.15) is 0 Å². The van der Waals surface area contributed by atoms with Crippen molar-refractivity contribution in [1.29, 1.82) is 0 Å². The first-order chi connectivity index (χ1) is 27.3. The number of pyridine rings is 1. The third-order valence-corrected chi connectivity index (χ3v) is 9.62. The quantitative estimate of drug-likeness (QED) is 0.134. The van der Waals surface area contributed by atoms with E-state index in [1.165, 1.54) is 0 Å². The summed E-state index contributed by atoms with van der Waals surface area (Å²) in [5, 5.41) is 11.9. The molecular weight excluding hydrogens is 697 g/mol. The Kier molecular flexibility index (Phi) is 9.97. The van der Waals surface area contributed by atoms with Gasteiger partial charge in [-0.3, -0.25) is 18.6 Å². The predicted octanol–water partition coefficient (Wildman–Crippen LogP) is 9.14. The minimum atomic E-state index is -0.110. The summed E-state index contributed by atoms with van der Waals surface area (Å²) < 4.78 is 4.31. The van der Waals surface area contributed by atoms with Crippen LogP contribution in [0.4, 0.5) is 11.6 Å². The number of anilines is 2. The average molecular weight is 741 g/mol. The van der Waals surface area contributed by atoms with Crippen LogP contribution >= 0.6 is 0 Å². The van der Waals surface area contributed by atoms with E-state index in [0.29, 0.717) is 17.4 Å². The van der Waals surface area contributed by atoms with E-state index in [9.17, 15) is 4.79 Å². The van der Waals surface area contributed by atoms with E-state index in [4.69, 9.17) is 15.0 Å². The minimum absolute atomic E-state index is 0.110. The Morgan fingerprint density at radius 2 is 1.25 bits per heavy atom. The van der Waals surface area contributed by atoms with E-state index in [0.717, 1.165) is 91.4 Å². The highest BCUT2D eigenvalue weighted by Gasteiger charge is 2.18. The summed E-state index contributed by atoms with van der Waals surface area (Å²) in [5.74, 6) is 2.49. The van der Waals surface area contributed by atoms with E-state index in [1.807, 2.05) is 85.5 Å². The number of amides is 1. The first kappa shape index (κ1) is 36.1. The molecule has 0 fully saturated rings. The number of imidazole rings is 2. The van der Waals surface area contributed by atoms with Crippen molar-refractivity contribution in [3.8, 4) is 22.5 Å². The van der Waals surface area contributed by atoms with Crippen molar-refractivity contribution in [2.75, 3.05) is 30.8 Å². The fraction of sp³-hybridized carbons (Fsp3) is 0.200. The summed E-state index contributed by atoms with van der Waals surface area (Å²) in [6, 6.07) is 32.2. The zero-order valence-corrected chi connectivity index (χ0v) is 32.2. The van der Waals surface area contributed by atoms with Crippen LogP contribution in [-0.4, -0.2) is 59.8 Å². The van der Waals surface area contributed by atoms with E-state index in [1.54, 1.807) is 13.1 Å². The van der Waals surface area contributed by atoms with Crippen molar-refractivity contribution >= 4 is 61.7 Å². The number of rotatable bonds is 9. The van der Waals surface area contributed by atoms with Gasteiger partial charge in [-0.05, 0) is 59.7 Å². The van der Waals surface area contributed by atoms with E-state index >= 15 is 0 Å². The predicted molar refractivity (Wildman–Crippen MR) is 227 cm³/mol. The monoisotopic (exact) mass is 740 g/mol. The van der Waals surface area contributed by atoms with Crippen LogP contribution in [0.5, 0.6) is 0 Å². The van der Waals surface area contributed by atoms with Crippen molar-refractivity contribution in [3.63, 3.8) is 0 Å². The molecule has 0 spiro atoms. The number of nitrogens with one attached hydrogen (secondary N) is 3. The molecular formula is C45H44N10O. The molecule has 5 aromatic heterocycles. The lowest BCUT2D eigenvalue weighted by atomic mass is 10.0. The summed E-state index contributed by atoms with van der Waals surface area (Å²) in [4.78, 5) is 35.4. The Morgan fingerprint density at radius 1 is 0.661 bits per heavy atom. The van der Waals surface area contributed by atoms with Gasteiger partial charge in [-0.1, -0.05) is 82.3 Å². The molecule has 3 N–H and O–H groups in total. The largest absolute Gasteiger partial charge is 0.367 e. The average Bonchev–Trinajstić information content (AvgIpc) is 3.88. The van der Waals surface area contributed by atoms with Gasteiger partial charge in [0, 0.05) is 54.6 Å². The summed E-state index contributed by atoms with van der Waals surface area (Å²) in [6.45, 7) is 10.4. The minimum Gasteiger partial charge on any atom is -0.367 e. The lowest BCUT2D eigenvalue weighted by Gasteiger charge is -2.13. The number of carbonyl (C=O) groups excluding carboxylic acids is 1. The molecule has 9 aromatic rings. The molecule has 0 bridgehead atoms. The van der Waals surface area contributed by atoms with Crippen LogP contribution in [0.15, 0.2) is 122 Å². The second kappa shape index (κ2) is 15.5. The lowest BCUT2D eigenvalue weighted by molar-refractivity contribution is 0.0963. The number of benzene rings is 4. The second-order valence-corrected chi connectivity index (χ2v) is 14.6. The van der Waals surface area contributed by atoms with Crippen LogP contribution in [0.1, 0.15) is 38.1 Å². The van der Waals surface area contributed by atoms with Crippen molar-refractivity contribution < 1.29 is 4.79 Å². The first-order valence-corrected chi connectivity index (χ1v) is 19.0. The number of nitrogens with zero attached hydrogens (tertiary/aromatic N) is 7. The summed E-state index contributed by atoms with van der Waals surface area (Å²) in [7, 11) is 1.63. The van der Waals surface area contributed by atoms with Gasteiger partial charge in [0.2, 0.25) is 0 Å². The molecule has 0 unspecified atom stereocenters. The smallest absolute Gasteiger partial charge is 0.251 e. The topological polar surface area (TPSA) is 126 Å². The molecule has 1 amide bonds. The summed E-state index contributed by atoms with van der Waals surface area (Å²) >= 11 is 0. The van der Waals surface area contributed by atoms with Gasteiger partial charge in [0.1, 0.15) is 0 Å². The van der Waals surface area contributed by atoms with Gasteiger partial charge in [0.05, 0.1) is 45.8 Å². The maximum Gasteiger partial charge on any atom is 0.251 e. The number of hydrogen-bond donors (Lipinski definition) is 3. The van der Waals surface area contributed by atoms with E-state index in [2.05, 4.69) is 92.7 Å². The standard InChI is InChI=1S/C23H21N5.C22H23N5O/c1-15(2)12-25-22-23-26-14-21(28(23)20-9-4-3-8-19(20)27-22)18-7-5-6-16-13-24-11-10-17(16)18;1-14(2)12-24-20-21-25-13-19(15-7-6-8-16(11-15)22(28)23-3)27(21)18-10-5-4-9-17(18)26-20/h3-11,13-15H,12H2,1-2H3,(H,25,27);4-11,13-14H,12H2,1-3H3,(H,23,28)(H,24,26). The number of carbonyl (C=O) groups is 1. The van der Waals surface area contributed by atoms with Gasteiger partial charge >= 0.3 is 0 Å². The van der Waals surface area contributed by atoms with E-state index in [-0.39, 0.29) is 5.91 Å². The van der Waals surface area contributed by atoms with Crippen molar-refractivity contribution in [3.05, 3.63) is 127 Å². The highest BCUT2D eigenvalue weighted by atomic mass is 16.1. The number of para-hydroxylation sites is 4. The Balaban J connectivity index is 0.000000157. The van der Waals surface area contributed by atoms with Gasteiger partial charge in [0.15, 0.2) is 22.9 Å². The number of fused-ring (bicyclic) bond motifs is 7. The highest BCUT2D eigenvalue weighted by molar-refractivity contribution is 5.98. The third kappa shape index (κ3) is 6.95. The van der Waals surface area contributed by atoms with Crippen LogP contribution < -0.4 is 16.0 Å². The first-order valence-electron chi connectivity index (χ1n) is 19.0. The third-order valence-electron chi connectivity index (χ3n) is 9.62. The fourth-order valence-corrected chi connectivity index (χ4v) is 6.90. The number of aromatic nitrogens is 7. The highest BCUT2D eigenvalue weighted by Crippen LogP contribution is 2.33. The molecule has 4 aromatic carbocycles. The van der Waals surface area contributed by atoms with Gasteiger partial charge in [-0.15, -0.1) is 0 Å². The molecule has 0 aliphatic carbocycles. The Morgan fingerprint density at radius 3 is 1.88 bits per heavy atom. The molecule has 11 heteroatoms. The molecule has 11 nitrogen and oxygen atoms in total. The Labute approximate surface area is 324 Å². The van der Waals surface area contributed by atoms with Gasteiger partial charge in [-0.25, -0.2) is 19.9 Å². The van der Waals surface area contributed by atoms with Crippen LogP contribution in [0.25, 0.3) is 66.6 Å². The zero-order chi connectivity index (χ0) is 38.8. The maximum absolute atomic E-state index is 12.1. The van der Waals surface area contributed by atoms with E-state index < -0.39 is 0 Å². The lowest BCUT2D eigenvalue weighted by Crippen LogP contribution is -2.17. The maximum atomic E-state index is 12.1. The van der Waals surface area contributed by atoms with Crippen LogP contribution in [-0.2, 0) is 0 Å². The van der Waals surface area contributed by atoms with Crippen LogP contribution in [0.2, 0.25) is 0 Å².